The van der Waals surface area contributed by atoms with Gasteiger partial charge in [-0.05, 0) is 24.4 Å². The third-order valence-corrected chi connectivity index (χ3v) is 4.05. The van der Waals surface area contributed by atoms with Gasteiger partial charge in [0.2, 0.25) is 11.7 Å². The number of aliphatic hydroxyl groups excluding tert-OH is 3. The van der Waals surface area contributed by atoms with E-state index in [2.05, 4.69) is 20.1 Å². The van der Waals surface area contributed by atoms with Crippen LogP contribution in [0.1, 0.15) is 12.8 Å². The van der Waals surface area contributed by atoms with Gasteiger partial charge in [0.15, 0.2) is 0 Å². The Balaban J connectivity index is 2.34. The van der Waals surface area contributed by atoms with Crippen molar-refractivity contribution in [1.82, 2.24) is 5.32 Å². The molecule has 1 fully saturated rings. The molecule has 25 heavy (non-hydrogen) atoms. The van der Waals surface area contributed by atoms with Crippen molar-refractivity contribution in [1.29, 1.82) is 0 Å². The highest BCUT2D eigenvalue weighted by Gasteiger charge is 2.45. The lowest BCUT2D eigenvalue weighted by Gasteiger charge is -2.38. The maximum Gasteiger partial charge on any atom is 0.372 e. The molecule has 1 saturated carbocycles. The highest BCUT2D eigenvalue weighted by molar-refractivity contribution is 5.86. The van der Waals surface area contributed by atoms with E-state index in [0.717, 1.165) is 20.0 Å². The zero-order valence-corrected chi connectivity index (χ0v) is 13.5. The molecule has 0 aromatic rings. The molecule has 5 atom stereocenters. The van der Waals surface area contributed by atoms with Crippen molar-refractivity contribution in [2.24, 2.45) is 11.0 Å². The van der Waals surface area contributed by atoms with Crippen LogP contribution in [-0.4, -0.2) is 71.3 Å². The topological polar surface area (TPSA) is 174 Å². The van der Waals surface area contributed by atoms with Gasteiger partial charge in [-0.2, -0.15) is 0 Å². The van der Waals surface area contributed by atoms with Crippen LogP contribution in [0.25, 0.3) is 10.4 Å². The fraction of sp³-hybridized carbons (Fsp3) is 0.714. The molecule has 0 bridgehead atoms. The van der Waals surface area contributed by atoms with Crippen LogP contribution in [0.15, 0.2) is 16.9 Å². The number of aliphatic hydroxyl groups is 3. The molecular formula is C14H20N4O7. The maximum absolute atomic E-state index is 12.1. The van der Waals surface area contributed by atoms with Gasteiger partial charge < -0.3 is 30.1 Å². The number of carbonyl (C=O) groups is 2. The second-order valence-corrected chi connectivity index (χ2v) is 5.85. The summed E-state index contributed by atoms with van der Waals surface area (Å²) in [6.45, 7) is -0.770. The number of methoxy groups -OCH3 is 1. The smallest absolute Gasteiger partial charge is 0.372 e. The number of carbonyl (C=O) groups excluding carboxylic acids is 2. The number of hydrogen-bond acceptors (Lipinski definition) is 8. The first kappa shape index (κ1) is 19.0. The largest absolute Gasteiger partial charge is 0.478 e. The molecule has 4 N–H and O–H groups in total. The summed E-state index contributed by atoms with van der Waals surface area (Å²) in [6, 6.07) is -2.09. The Morgan fingerprint density at radius 1 is 1.52 bits per heavy atom. The van der Waals surface area contributed by atoms with Gasteiger partial charge in [0.05, 0.1) is 25.8 Å². The minimum atomic E-state index is -1.65. The fourth-order valence-electron chi connectivity index (χ4n) is 2.50. The molecular weight excluding hydrogens is 336 g/mol. The van der Waals surface area contributed by atoms with Gasteiger partial charge in [0.1, 0.15) is 18.3 Å². The lowest BCUT2D eigenvalue weighted by molar-refractivity contribution is -0.149. The molecule has 0 aromatic carbocycles. The van der Waals surface area contributed by atoms with Gasteiger partial charge in [-0.25, -0.2) is 4.79 Å². The molecule has 1 aliphatic carbocycles. The van der Waals surface area contributed by atoms with Crippen LogP contribution in [0.2, 0.25) is 0 Å². The van der Waals surface area contributed by atoms with Crippen LogP contribution in [0, 0.1) is 5.92 Å². The molecule has 138 valence electrons. The zero-order valence-electron chi connectivity index (χ0n) is 13.5. The molecule has 1 heterocycles. The molecule has 1 amide bonds. The van der Waals surface area contributed by atoms with E-state index in [1.807, 2.05) is 0 Å². The maximum atomic E-state index is 12.1. The van der Waals surface area contributed by atoms with E-state index in [1.165, 1.54) is 6.08 Å². The first-order valence-corrected chi connectivity index (χ1v) is 7.71. The number of azide groups is 1. The lowest BCUT2D eigenvalue weighted by Crippen LogP contribution is -2.60. The zero-order chi connectivity index (χ0) is 18.6. The fourth-order valence-corrected chi connectivity index (χ4v) is 2.50. The van der Waals surface area contributed by atoms with Crippen molar-refractivity contribution in [2.75, 3.05) is 13.7 Å². The molecule has 0 aromatic heterocycles. The van der Waals surface area contributed by atoms with Crippen molar-refractivity contribution in [3.05, 3.63) is 22.3 Å². The molecule has 0 spiro atoms. The van der Waals surface area contributed by atoms with E-state index in [9.17, 15) is 19.8 Å². The van der Waals surface area contributed by atoms with Crippen molar-refractivity contribution in [3.8, 4) is 0 Å². The Labute approximate surface area is 142 Å². The number of amides is 1. The van der Waals surface area contributed by atoms with Gasteiger partial charge >= 0.3 is 5.97 Å². The highest BCUT2D eigenvalue weighted by Crippen LogP contribution is 2.31. The van der Waals surface area contributed by atoms with Crippen LogP contribution >= 0.6 is 0 Å². The van der Waals surface area contributed by atoms with E-state index in [1.54, 1.807) is 0 Å². The molecule has 11 heteroatoms. The van der Waals surface area contributed by atoms with Gasteiger partial charge in [0, 0.05) is 10.8 Å². The molecule has 1 aliphatic heterocycles. The summed E-state index contributed by atoms with van der Waals surface area (Å²) in [6.07, 6.45) is -1.95. The monoisotopic (exact) mass is 356 g/mol. The molecule has 0 radical (unpaired) electrons. The average molecular weight is 356 g/mol. The van der Waals surface area contributed by atoms with Crippen LogP contribution in [0.3, 0.4) is 0 Å². The SMILES string of the molecule is COC(=O)C1=C[C@H](N=[N+]=[N-])[C@@H](NC(=O)C2CC2)[C@H]([C@H](O)[C@H](O)CO)O1. The van der Waals surface area contributed by atoms with Gasteiger partial charge in [-0.1, -0.05) is 5.11 Å². The van der Waals surface area contributed by atoms with E-state index in [0.29, 0.717) is 0 Å². The summed E-state index contributed by atoms with van der Waals surface area (Å²) in [5, 5.41) is 35.2. The van der Waals surface area contributed by atoms with Crippen molar-refractivity contribution < 1.29 is 34.4 Å². The number of rotatable bonds is 7. The second kappa shape index (κ2) is 8.17. The first-order chi connectivity index (χ1) is 11.9. The van der Waals surface area contributed by atoms with Crippen molar-refractivity contribution in [2.45, 2.75) is 43.2 Å². The molecule has 0 unspecified atom stereocenters. The summed E-state index contributed by atoms with van der Waals surface area (Å²) in [7, 11) is 1.12. The minimum absolute atomic E-state index is 0.168. The first-order valence-electron chi connectivity index (χ1n) is 7.71. The predicted molar refractivity (Wildman–Crippen MR) is 81.7 cm³/mol. The number of nitrogens with zero attached hydrogens (tertiary/aromatic N) is 3. The standard InChI is InChI=1S/C14H20N4O7/c1-24-14(23)9-4-7(17-18-15)10(16-13(22)6-2-3-6)12(25-9)11(21)8(20)5-19/h4,6-8,10-12,19-21H,2-3,5H2,1H3,(H,16,22)/t7-,8+,10+,11+,12+/m0/s1. The van der Waals surface area contributed by atoms with Gasteiger partial charge in [-0.15, -0.1) is 0 Å². The minimum Gasteiger partial charge on any atom is -0.478 e. The number of esters is 1. The van der Waals surface area contributed by atoms with Gasteiger partial charge in [0.25, 0.3) is 0 Å². The van der Waals surface area contributed by atoms with E-state index >= 15 is 0 Å². The summed E-state index contributed by atoms with van der Waals surface area (Å²) in [4.78, 5) is 26.5. The van der Waals surface area contributed by atoms with Crippen LogP contribution in [-0.2, 0) is 19.1 Å². The quantitative estimate of drug-likeness (QED) is 0.190. The second-order valence-electron chi connectivity index (χ2n) is 5.85. The Morgan fingerprint density at radius 3 is 2.72 bits per heavy atom. The number of nitrogens with one attached hydrogen (secondary N) is 1. The van der Waals surface area contributed by atoms with Gasteiger partial charge in [-0.3, -0.25) is 4.79 Å². The molecule has 2 aliphatic rings. The number of hydrogen-bond donors (Lipinski definition) is 4. The van der Waals surface area contributed by atoms with E-state index < -0.39 is 43.0 Å². The molecule has 2 rings (SSSR count). The number of ether oxygens (including phenoxy) is 2. The third-order valence-electron chi connectivity index (χ3n) is 4.05. The molecule has 11 nitrogen and oxygen atoms in total. The van der Waals surface area contributed by atoms with Crippen molar-refractivity contribution in [3.63, 3.8) is 0 Å². The Kier molecular flexibility index (Phi) is 6.21. The van der Waals surface area contributed by atoms with Crippen LogP contribution in [0.5, 0.6) is 0 Å². The highest BCUT2D eigenvalue weighted by atomic mass is 16.6. The van der Waals surface area contributed by atoms with Crippen LogP contribution < -0.4 is 5.32 Å². The molecule has 0 saturated heterocycles. The van der Waals surface area contributed by atoms with E-state index in [-0.39, 0.29) is 17.6 Å². The van der Waals surface area contributed by atoms with E-state index in [4.69, 9.17) is 15.4 Å². The summed E-state index contributed by atoms with van der Waals surface area (Å²) in [5.41, 5.74) is 8.76. The Morgan fingerprint density at radius 2 is 2.20 bits per heavy atom. The normalized spacial score (nSPS) is 27.8. The Hall–Kier alpha value is -2.33. The summed E-state index contributed by atoms with van der Waals surface area (Å²) >= 11 is 0. The summed E-state index contributed by atoms with van der Waals surface area (Å²) < 4.78 is 9.93. The van der Waals surface area contributed by atoms with Crippen molar-refractivity contribution >= 4 is 11.9 Å². The Bertz CT molecular complexity index is 600. The average Bonchev–Trinajstić information content (AvgIpc) is 3.46. The lowest BCUT2D eigenvalue weighted by atomic mass is 9.92. The van der Waals surface area contributed by atoms with Crippen LogP contribution in [0.4, 0.5) is 0 Å². The third kappa shape index (κ3) is 4.40. The summed E-state index contributed by atoms with van der Waals surface area (Å²) in [5.74, 6) is -1.68. The predicted octanol–water partition coefficient (Wildman–Crippen LogP) is -1.27.